The average Bonchev–Trinajstić information content (AvgIpc) is 1.71. The van der Waals surface area contributed by atoms with Crippen LogP contribution < -0.4 is 51.2 Å². The van der Waals surface area contributed by atoms with Crippen LogP contribution in [0.5, 0.6) is 0 Å². The Hall–Kier alpha value is -8.53. The highest BCUT2D eigenvalue weighted by atomic mass is 31.2. The summed E-state index contributed by atoms with van der Waals surface area (Å²) in [5, 5.41) is 8.95. The van der Waals surface area contributed by atoms with Crippen LogP contribution in [0.4, 0.5) is 34.1 Å². The van der Waals surface area contributed by atoms with Gasteiger partial charge in [0.25, 0.3) is 11.1 Å². The van der Waals surface area contributed by atoms with Crippen molar-refractivity contribution in [3.63, 3.8) is 0 Å². The Bertz CT molecular complexity index is 5960. The number of hydrogen-bond donors (Lipinski definition) is 8. The first-order valence-electron chi connectivity index (χ1n) is 43.4. The predicted molar refractivity (Wildman–Crippen MR) is 487 cm³/mol. The topological polar surface area (TPSA) is 652 Å². The lowest BCUT2D eigenvalue weighted by molar-refractivity contribution is -0.141. The van der Waals surface area contributed by atoms with Crippen LogP contribution in [0, 0.1) is 0 Å². The molecule has 14 rings (SSSR count). The van der Waals surface area contributed by atoms with Gasteiger partial charge >= 0.3 is 55.8 Å². The van der Waals surface area contributed by atoms with Crippen LogP contribution in [0.15, 0.2) is 69.0 Å². The van der Waals surface area contributed by atoms with E-state index in [0.717, 1.165) is 11.0 Å². The number of anilines is 5. The van der Waals surface area contributed by atoms with E-state index in [0.29, 0.717) is 24.3 Å². The SMILES string of the molecule is CCC(C)N1CC(COP(=O)(N(C)C)N2CC(COP(=O)(N(C)C)N3CC(COP(=O)(N(C)C)N4CC(COP(=O)(N(C)C)N5CC(COP(=O)(N(C)C)N6CCN(C(=O)OCCOCCOCCO)CC6)OC(n6cnc7c(=O)[nH]c(N)nc76)C5)OC(n5cnc6c(=O)[nH]c(N)nc65)C4)OC(n4ccc(N)nc4=O)C3)OC(n3ccc(N)nc3=O)C2)OC(n2cnc3c(N)ncnc32)C1. The van der Waals surface area contributed by atoms with Crippen LogP contribution >= 0.6 is 38.4 Å². The third-order valence-corrected chi connectivity index (χ3v) is 36.3. The number of amides is 1. The molecule has 135 heavy (non-hydrogen) atoms. The quantitative estimate of drug-likeness (QED) is 0.0178. The summed E-state index contributed by atoms with van der Waals surface area (Å²) in [5.41, 5.74) is 28.1. The number of rotatable bonds is 40. The number of aliphatic hydroxyl groups is 1. The lowest BCUT2D eigenvalue weighted by atomic mass is 10.1. The van der Waals surface area contributed by atoms with E-state index >= 15 is 22.8 Å². The first kappa shape index (κ1) is 102. The number of carbonyl (C=O) groups excluding carboxylic acids is 1. The number of aromatic nitrogens is 16. The van der Waals surface area contributed by atoms with Gasteiger partial charge in [0.1, 0.15) is 48.8 Å². The maximum Gasteiger partial charge on any atom is 0.409 e. The Morgan fingerprint density at radius 3 is 1.17 bits per heavy atom. The molecular weight excluding hydrogens is 1880 g/mol. The van der Waals surface area contributed by atoms with E-state index in [4.69, 9.17) is 94.3 Å². The molecule has 8 aromatic heterocycles. The monoisotopic (exact) mass is 2000 g/mol. The molecule has 0 aliphatic carbocycles. The van der Waals surface area contributed by atoms with Crippen molar-refractivity contribution in [2.45, 2.75) is 88.0 Å². The number of aliphatic hydroxyl groups excluding tert-OH is 1. The Kier molecular flexibility index (Phi) is 33.0. The van der Waals surface area contributed by atoms with Gasteiger partial charge in [-0.25, -0.2) is 86.0 Å². The number of nitrogens with two attached hydrogens (primary N) is 5. The van der Waals surface area contributed by atoms with Crippen molar-refractivity contribution in [1.82, 2.24) is 134 Å². The van der Waals surface area contributed by atoms with Gasteiger partial charge in [0.05, 0.1) is 142 Å². The van der Waals surface area contributed by atoms with E-state index in [1.807, 2.05) is 0 Å². The number of piperazine rings is 1. The van der Waals surface area contributed by atoms with E-state index in [9.17, 15) is 24.0 Å². The van der Waals surface area contributed by atoms with E-state index in [1.165, 1.54) is 146 Å². The summed E-state index contributed by atoms with van der Waals surface area (Å²) >= 11 is 0. The molecule has 0 bridgehead atoms. The fraction of sp³-hybridized carbons (Fsp3) is 0.671. The molecule has 6 aliphatic rings. The number of nitrogen functional groups attached to an aromatic ring is 5. The maximum absolute atomic E-state index is 16.6. The van der Waals surface area contributed by atoms with Crippen LogP contribution in [-0.4, -0.2) is 417 Å². The van der Waals surface area contributed by atoms with E-state index in [2.05, 4.69) is 73.6 Å². The van der Waals surface area contributed by atoms with Gasteiger partial charge in [-0.3, -0.25) is 70.1 Å². The number of hydrogen-bond acceptors (Lipinski definition) is 39. The summed E-state index contributed by atoms with van der Waals surface area (Å²) in [5.74, 6) is -0.533. The van der Waals surface area contributed by atoms with Gasteiger partial charge in [0.15, 0.2) is 46.2 Å². The van der Waals surface area contributed by atoms with E-state index in [-0.39, 0.29) is 183 Å². The molecular formula is C73H120N33O24P5. The smallest absolute Gasteiger partial charge is 0.409 e. The van der Waals surface area contributed by atoms with Crippen molar-refractivity contribution in [3.05, 3.63) is 91.5 Å². The largest absolute Gasteiger partial charge is 0.447 e. The van der Waals surface area contributed by atoms with Gasteiger partial charge in [-0.2, -0.15) is 19.9 Å². The molecule has 0 radical (unpaired) electrons. The van der Waals surface area contributed by atoms with E-state index < -0.39 is 155 Å². The second kappa shape index (κ2) is 43.5. The zero-order valence-electron chi connectivity index (χ0n) is 76.9. The number of morpholine rings is 5. The maximum atomic E-state index is 16.6. The number of nitrogens with zero attached hydrogens (tertiary/aromatic N) is 26. The Balaban J connectivity index is 0.715. The van der Waals surface area contributed by atoms with Crippen LogP contribution in [0.1, 0.15) is 51.4 Å². The highest BCUT2D eigenvalue weighted by molar-refractivity contribution is 7.55. The minimum Gasteiger partial charge on any atom is -0.447 e. The van der Waals surface area contributed by atoms with Gasteiger partial charge in [0.2, 0.25) is 11.9 Å². The van der Waals surface area contributed by atoms with Crippen LogP contribution in [-0.2, 0) is 83.3 Å². The van der Waals surface area contributed by atoms with Crippen molar-refractivity contribution in [1.29, 1.82) is 0 Å². The number of fused-ring (bicyclic) bond motifs is 3. The highest BCUT2D eigenvalue weighted by Crippen LogP contribution is 2.61. The normalized spacial score (nSPS) is 25.2. The van der Waals surface area contributed by atoms with Crippen molar-refractivity contribution in [3.8, 4) is 0 Å². The summed E-state index contributed by atoms with van der Waals surface area (Å²) in [6, 6.07) is 2.83. The molecule has 16 atom stereocenters. The number of H-pyrrole nitrogens is 2. The number of nitrogens with one attached hydrogen (secondary N) is 2. The first-order chi connectivity index (χ1) is 64.2. The zero-order chi connectivity index (χ0) is 96.9. The molecule has 13 N–H and O–H groups in total. The third kappa shape index (κ3) is 22.7. The molecule has 746 valence electrons. The van der Waals surface area contributed by atoms with Crippen LogP contribution in [0.3, 0.4) is 0 Å². The molecule has 0 spiro atoms. The summed E-state index contributed by atoms with van der Waals surface area (Å²) in [4.78, 5) is 115. The molecule has 1 amide bonds. The molecule has 62 heteroatoms. The van der Waals surface area contributed by atoms with Gasteiger partial charge in [0, 0.05) is 83.9 Å². The fourth-order valence-corrected chi connectivity index (χ4v) is 26.3. The van der Waals surface area contributed by atoms with Crippen molar-refractivity contribution in [2.75, 3.05) is 263 Å². The molecule has 0 aromatic carbocycles. The summed E-state index contributed by atoms with van der Waals surface area (Å²) < 4.78 is 185. The molecule has 6 saturated heterocycles. The lowest BCUT2D eigenvalue weighted by Crippen LogP contribution is -2.52. The summed E-state index contributed by atoms with van der Waals surface area (Å²) in [7, 11) is -6.29. The van der Waals surface area contributed by atoms with Gasteiger partial charge in [-0.1, -0.05) is 6.92 Å². The first-order valence-corrected chi connectivity index (χ1v) is 51.0. The Morgan fingerprint density at radius 2 is 0.793 bits per heavy atom. The highest BCUT2D eigenvalue weighted by Gasteiger charge is 2.52. The second-order valence-corrected chi connectivity index (χ2v) is 46.7. The lowest BCUT2D eigenvalue weighted by Gasteiger charge is -2.46. The number of carbonyl (C=O) groups is 1. The summed E-state index contributed by atoms with van der Waals surface area (Å²) in [6.45, 7) is 1.49. The van der Waals surface area contributed by atoms with Crippen molar-refractivity contribution in [2.24, 2.45) is 0 Å². The second-order valence-electron chi connectivity index (χ2n) is 33.7. The van der Waals surface area contributed by atoms with Gasteiger partial charge in [-0.15, -0.1) is 0 Å². The predicted octanol–water partition coefficient (Wildman–Crippen LogP) is -0.476. The number of ether oxygens (including phenoxy) is 8. The summed E-state index contributed by atoms with van der Waals surface area (Å²) in [6.07, 6.45) is -2.77. The van der Waals surface area contributed by atoms with Gasteiger partial charge in [-0.05, 0) is 96.0 Å². The molecule has 6 fully saturated rings. The van der Waals surface area contributed by atoms with Crippen LogP contribution in [0.2, 0.25) is 0 Å². The molecule has 14 heterocycles. The minimum absolute atomic E-state index is 0.00287. The molecule has 57 nitrogen and oxygen atoms in total. The van der Waals surface area contributed by atoms with Crippen molar-refractivity contribution >= 4 is 107 Å². The number of imidazole rings is 3. The fourth-order valence-electron chi connectivity index (χ4n) is 16.3. The third-order valence-electron chi connectivity index (χ3n) is 23.5. The average molecular weight is 2000 g/mol. The van der Waals surface area contributed by atoms with Gasteiger partial charge < -0.3 is 99.2 Å². The molecule has 8 aromatic rings. The zero-order valence-corrected chi connectivity index (χ0v) is 81.4. The van der Waals surface area contributed by atoms with Crippen LogP contribution in [0.25, 0.3) is 33.5 Å². The molecule has 16 unspecified atom stereocenters. The molecule has 0 saturated carbocycles. The standard InChI is InChI=1S/C73H120N33O24P5/c1-13-47(2)96-28-48(126-55(33-96)104-44-81-60-63(76)79-43-80-64(60)104)38-122-132(114,91(5)6)98-29-49(127-56(34-98)102-16-14-53(74)84-71(102)110)40-123-133(115,92(7)8)99-30-50(128-57(35-99)103-17-15-54(75)85-72(103)111)41-124-134(116,93(9)10)101-32-52(130-59(37-101)106-46-83-62-66(106)87-70(78)89-68(62)109)42-125-135(117,94(11)12)100-31-51(129-58(36-100)105-45-82-61-65(105)86-69(77)88-67(61)108)39-121-131(113,90(3)4)97-20-18-95(19-21-97)73(112)120-27-26-119-25-24-118-23-22-107/h14-17,43-52,55-59,107H,13,18-42H2,1-12H3,(H2,74,84,110)(H2,75,85,111)(H2,76,79,80)(H3,77,86,88,108)(H3,78,87,89,109). The Morgan fingerprint density at radius 1 is 0.444 bits per heavy atom. The molecule has 6 aliphatic heterocycles. The number of aromatic amines is 2. The van der Waals surface area contributed by atoms with Crippen molar-refractivity contribution < 1.29 is 93.2 Å². The van der Waals surface area contributed by atoms with E-state index in [1.54, 1.807) is 43.8 Å². The minimum atomic E-state index is -4.53. The Labute approximate surface area is 774 Å².